The molecular weight excluding hydrogens is 280 g/mol. The van der Waals surface area contributed by atoms with E-state index in [-0.39, 0.29) is 0 Å². The number of halogens is 1. The average molecular weight is 295 g/mol. The fourth-order valence-electron chi connectivity index (χ4n) is 2.00. The number of rotatable bonds is 4. The second-order valence-electron chi connectivity index (χ2n) is 4.15. The van der Waals surface area contributed by atoms with Crippen molar-refractivity contribution in [2.75, 3.05) is 26.2 Å². The van der Waals surface area contributed by atoms with Crippen molar-refractivity contribution in [3.8, 4) is 11.8 Å². The Hall–Kier alpha value is -1.05. The van der Waals surface area contributed by atoms with E-state index >= 15 is 0 Å². The SMILES string of the molecule is N#Cc1ccc(Br)cc1OCCN1CCCC1. The predicted octanol–water partition coefficient (Wildman–Crippen LogP) is 2.80. The summed E-state index contributed by atoms with van der Waals surface area (Å²) in [6.45, 7) is 3.93. The van der Waals surface area contributed by atoms with Crippen LogP contribution < -0.4 is 4.74 Å². The van der Waals surface area contributed by atoms with E-state index < -0.39 is 0 Å². The van der Waals surface area contributed by atoms with Crippen molar-refractivity contribution >= 4 is 15.9 Å². The minimum atomic E-state index is 0.592. The molecular formula is C13H15BrN2O. The summed E-state index contributed by atoms with van der Waals surface area (Å²) in [4.78, 5) is 2.39. The molecule has 0 N–H and O–H groups in total. The largest absolute Gasteiger partial charge is 0.491 e. The Labute approximate surface area is 110 Å². The minimum absolute atomic E-state index is 0.592. The molecule has 0 atom stereocenters. The lowest BCUT2D eigenvalue weighted by Crippen LogP contribution is -2.25. The van der Waals surface area contributed by atoms with Gasteiger partial charge in [0.25, 0.3) is 0 Å². The highest BCUT2D eigenvalue weighted by atomic mass is 79.9. The second-order valence-corrected chi connectivity index (χ2v) is 5.07. The van der Waals surface area contributed by atoms with Crippen LogP contribution in [0.3, 0.4) is 0 Å². The van der Waals surface area contributed by atoms with Crippen LogP contribution in [0.5, 0.6) is 5.75 Å². The van der Waals surface area contributed by atoms with E-state index in [0.717, 1.165) is 11.0 Å². The van der Waals surface area contributed by atoms with Crippen molar-refractivity contribution in [1.82, 2.24) is 4.90 Å². The third-order valence-corrected chi connectivity index (χ3v) is 3.42. The first-order valence-corrected chi connectivity index (χ1v) is 6.64. The van der Waals surface area contributed by atoms with Crippen molar-refractivity contribution < 1.29 is 4.74 Å². The molecule has 2 rings (SSSR count). The maximum atomic E-state index is 8.96. The first kappa shape index (κ1) is 12.4. The van der Waals surface area contributed by atoms with Crippen LogP contribution in [0.25, 0.3) is 0 Å². The summed E-state index contributed by atoms with van der Waals surface area (Å²) in [5, 5.41) is 8.96. The van der Waals surface area contributed by atoms with E-state index in [0.29, 0.717) is 17.9 Å². The maximum absolute atomic E-state index is 8.96. The molecule has 1 aliphatic rings. The van der Waals surface area contributed by atoms with Crippen LogP contribution in [0.4, 0.5) is 0 Å². The third-order valence-electron chi connectivity index (χ3n) is 2.93. The molecule has 1 aromatic rings. The fourth-order valence-corrected chi connectivity index (χ4v) is 2.34. The highest BCUT2D eigenvalue weighted by Crippen LogP contribution is 2.23. The van der Waals surface area contributed by atoms with E-state index in [2.05, 4.69) is 26.9 Å². The molecule has 0 aromatic heterocycles. The Balaban J connectivity index is 1.89. The van der Waals surface area contributed by atoms with Crippen molar-refractivity contribution in [2.45, 2.75) is 12.8 Å². The Kier molecular flexibility index (Phi) is 4.41. The Morgan fingerprint density at radius 2 is 2.12 bits per heavy atom. The number of nitrogens with zero attached hydrogens (tertiary/aromatic N) is 2. The number of hydrogen-bond acceptors (Lipinski definition) is 3. The molecule has 90 valence electrons. The normalized spacial score (nSPS) is 15.8. The van der Waals surface area contributed by atoms with Gasteiger partial charge in [0.15, 0.2) is 0 Å². The van der Waals surface area contributed by atoms with Crippen LogP contribution in [-0.4, -0.2) is 31.1 Å². The molecule has 0 amide bonds. The average Bonchev–Trinajstić information content (AvgIpc) is 2.82. The first-order chi connectivity index (χ1) is 8.29. The van der Waals surface area contributed by atoms with Gasteiger partial charge in [-0.3, -0.25) is 4.90 Å². The van der Waals surface area contributed by atoms with Gasteiger partial charge in [-0.15, -0.1) is 0 Å². The van der Waals surface area contributed by atoms with E-state index in [9.17, 15) is 0 Å². The summed E-state index contributed by atoms with van der Waals surface area (Å²) in [7, 11) is 0. The lowest BCUT2D eigenvalue weighted by Gasteiger charge is -2.15. The van der Waals surface area contributed by atoms with Gasteiger partial charge >= 0.3 is 0 Å². The lowest BCUT2D eigenvalue weighted by molar-refractivity contribution is 0.237. The van der Waals surface area contributed by atoms with Crippen LogP contribution in [0.2, 0.25) is 0 Å². The second kappa shape index (κ2) is 6.04. The standard InChI is InChI=1S/C13H15BrN2O/c14-12-4-3-11(10-15)13(9-12)17-8-7-16-5-1-2-6-16/h3-4,9H,1-2,5-8H2. The van der Waals surface area contributed by atoms with Gasteiger partial charge in [0, 0.05) is 11.0 Å². The molecule has 1 heterocycles. The minimum Gasteiger partial charge on any atom is -0.491 e. The van der Waals surface area contributed by atoms with Crippen LogP contribution in [-0.2, 0) is 0 Å². The van der Waals surface area contributed by atoms with Crippen molar-refractivity contribution in [1.29, 1.82) is 5.26 Å². The van der Waals surface area contributed by atoms with E-state index in [1.165, 1.54) is 25.9 Å². The van der Waals surface area contributed by atoms with Gasteiger partial charge in [-0.05, 0) is 44.1 Å². The predicted molar refractivity (Wildman–Crippen MR) is 70.0 cm³/mol. The molecule has 1 saturated heterocycles. The van der Waals surface area contributed by atoms with Gasteiger partial charge in [0.2, 0.25) is 0 Å². The van der Waals surface area contributed by atoms with Gasteiger partial charge in [0.1, 0.15) is 18.4 Å². The van der Waals surface area contributed by atoms with E-state index in [1.54, 1.807) is 6.07 Å². The van der Waals surface area contributed by atoms with Crippen LogP contribution in [0.1, 0.15) is 18.4 Å². The zero-order valence-corrected chi connectivity index (χ0v) is 11.2. The molecule has 0 radical (unpaired) electrons. The third kappa shape index (κ3) is 3.45. The number of likely N-dealkylation sites (tertiary alicyclic amines) is 1. The quantitative estimate of drug-likeness (QED) is 0.857. The zero-order chi connectivity index (χ0) is 12.1. The van der Waals surface area contributed by atoms with E-state index in [1.807, 2.05) is 12.1 Å². The molecule has 4 heteroatoms. The highest BCUT2D eigenvalue weighted by molar-refractivity contribution is 9.10. The number of nitriles is 1. The molecule has 0 aliphatic carbocycles. The maximum Gasteiger partial charge on any atom is 0.138 e. The van der Waals surface area contributed by atoms with Gasteiger partial charge in [-0.2, -0.15) is 5.26 Å². The topological polar surface area (TPSA) is 36.3 Å². The Bertz CT molecular complexity index is 422. The van der Waals surface area contributed by atoms with Crippen molar-refractivity contribution in [3.05, 3.63) is 28.2 Å². The highest BCUT2D eigenvalue weighted by Gasteiger charge is 2.11. The molecule has 1 fully saturated rings. The number of ether oxygens (including phenoxy) is 1. The monoisotopic (exact) mass is 294 g/mol. The van der Waals surface area contributed by atoms with Gasteiger partial charge < -0.3 is 4.74 Å². The summed E-state index contributed by atoms with van der Waals surface area (Å²) >= 11 is 3.38. The van der Waals surface area contributed by atoms with Gasteiger partial charge in [-0.25, -0.2) is 0 Å². The summed E-state index contributed by atoms with van der Waals surface area (Å²) in [6.07, 6.45) is 2.58. The summed E-state index contributed by atoms with van der Waals surface area (Å²) in [5.74, 6) is 0.668. The molecule has 0 spiro atoms. The number of hydrogen-bond donors (Lipinski definition) is 0. The fraction of sp³-hybridized carbons (Fsp3) is 0.462. The first-order valence-electron chi connectivity index (χ1n) is 5.84. The Morgan fingerprint density at radius 1 is 1.35 bits per heavy atom. The molecule has 3 nitrogen and oxygen atoms in total. The lowest BCUT2D eigenvalue weighted by atomic mass is 10.2. The van der Waals surface area contributed by atoms with Crippen molar-refractivity contribution in [2.24, 2.45) is 0 Å². The van der Waals surface area contributed by atoms with Crippen LogP contribution in [0.15, 0.2) is 22.7 Å². The smallest absolute Gasteiger partial charge is 0.138 e. The van der Waals surface area contributed by atoms with Gasteiger partial charge in [0.05, 0.1) is 5.56 Å². The summed E-state index contributed by atoms with van der Waals surface area (Å²) in [5.41, 5.74) is 0.592. The molecule has 0 bridgehead atoms. The number of benzene rings is 1. The summed E-state index contributed by atoms with van der Waals surface area (Å²) < 4.78 is 6.61. The summed E-state index contributed by atoms with van der Waals surface area (Å²) in [6, 6.07) is 7.62. The molecule has 1 aromatic carbocycles. The van der Waals surface area contributed by atoms with Crippen molar-refractivity contribution in [3.63, 3.8) is 0 Å². The van der Waals surface area contributed by atoms with Gasteiger partial charge in [-0.1, -0.05) is 15.9 Å². The molecule has 17 heavy (non-hydrogen) atoms. The zero-order valence-electron chi connectivity index (χ0n) is 9.66. The van der Waals surface area contributed by atoms with E-state index in [4.69, 9.17) is 10.00 Å². The Morgan fingerprint density at radius 3 is 2.82 bits per heavy atom. The molecule has 1 aliphatic heterocycles. The van der Waals surface area contributed by atoms with Crippen LogP contribution in [0, 0.1) is 11.3 Å². The molecule has 0 unspecified atom stereocenters. The molecule has 0 saturated carbocycles. The van der Waals surface area contributed by atoms with Crippen LogP contribution >= 0.6 is 15.9 Å².